The molecular formula is C25H17BrO. The summed E-state index contributed by atoms with van der Waals surface area (Å²) < 4.78 is 7.47. The summed E-state index contributed by atoms with van der Waals surface area (Å²) >= 11 is 3.75. The lowest BCUT2D eigenvalue weighted by Gasteiger charge is -2.27. The van der Waals surface area contributed by atoms with Gasteiger partial charge < -0.3 is 4.74 Å². The van der Waals surface area contributed by atoms with Gasteiger partial charge in [-0.05, 0) is 34.5 Å². The van der Waals surface area contributed by atoms with Crippen LogP contribution in [0.3, 0.4) is 0 Å². The van der Waals surface area contributed by atoms with Crippen molar-refractivity contribution in [1.29, 1.82) is 0 Å². The lowest BCUT2D eigenvalue weighted by molar-refractivity contribution is 0.494. The summed E-state index contributed by atoms with van der Waals surface area (Å²) in [7, 11) is 0. The average Bonchev–Trinajstić information content (AvgIpc) is 2.74. The molecule has 4 aromatic carbocycles. The van der Waals surface area contributed by atoms with E-state index >= 15 is 0 Å². The SMILES string of the molecule is Brc1ccccc1C1C=C(c2ccccc2)Oc2ccc3ccccc3c21. The van der Waals surface area contributed by atoms with Crippen LogP contribution in [0.25, 0.3) is 16.5 Å². The van der Waals surface area contributed by atoms with Crippen LogP contribution >= 0.6 is 15.9 Å². The first-order chi connectivity index (χ1) is 13.3. The summed E-state index contributed by atoms with van der Waals surface area (Å²) in [6, 6.07) is 31.5. The fraction of sp³-hybridized carbons (Fsp3) is 0.0400. The highest BCUT2D eigenvalue weighted by molar-refractivity contribution is 9.10. The van der Waals surface area contributed by atoms with Crippen molar-refractivity contribution < 1.29 is 4.74 Å². The highest BCUT2D eigenvalue weighted by Crippen LogP contribution is 2.45. The molecule has 5 rings (SSSR count). The highest BCUT2D eigenvalue weighted by Gasteiger charge is 2.27. The zero-order chi connectivity index (χ0) is 18.2. The van der Waals surface area contributed by atoms with Gasteiger partial charge >= 0.3 is 0 Å². The first-order valence-corrected chi connectivity index (χ1v) is 9.82. The third-order valence-electron chi connectivity index (χ3n) is 5.08. The van der Waals surface area contributed by atoms with E-state index < -0.39 is 0 Å². The van der Waals surface area contributed by atoms with Crippen molar-refractivity contribution in [3.8, 4) is 5.75 Å². The molecule has 0 amide bonds. The van der Waals surface area contributed by atoms with Crippen LogP contribution in [0.2, 0.25) is 0 Å². The zero-order valence-corrected chi connectivity index (χ0v) is 16.2. The minimum absolute atomic E-state index is 0.116. The first kappa shape index (κ1) is 16.3. The van der Waals surface area contributed by atoms with Crippen LogP contribution in [-0.2, 0) is 0 Å². The number of hydrogen-bond donors (Lipinski definition) is 0. The molecule has 1 atom stereocenters. The van der Waals surface area contributed by atoms with Crippen molar-refractivity contribution in [2.24, 2.45) is 0 Å². The van der Waals surface area contributed by atoms with Crippen LogP contribution in [0, 0.1) is 0 Å². The summed E-state index contributed by atoms with van der Waals surface area (Å²) in [5.41, 5.74) is 3.56. The molecule has 0 radical (unpaired) electrons. The molecule has 2 heteroatoms. The second-order valence-electron chi connectivity index (χ2n) is 6.70. The van der Waals surface area contributed by atoms with E-state index in [4.69, 9.17) is 4.74 Å². The Labute approximate surface area is 167 Å². The Bertz CT molecular complexity index is 1160. The molecule has 130 valence electrons. The fourth-order valence-electron chi connectivity index (χ4n) is 3.80. The lowest BCUT2D eigenvalue weighted by atomic mass is 9.85. The molecule has 0 saturated carbocycles. The van der Waals surface area contributed by atoms with Crippen molar-refractivity contribution in [3.05, 3.63) is 118 Å². The van der Waals surface area contributed by atoms with E-state index in [0.29, 0.717) is 0 Å². The summed E-state index contributed by atoms with van der Waals surface area (Å²) in [6.07, 6.45) is 2.24. The molecule has 0 fully saturated rings. The van der Waals surface area contributed by atoms with Gasteiger partial charge in [-0.15, -0.1) is 0 Å². The average molecular weight is 413 g/mol. The van der Waals surface area contributed by atoms with Crippen LogP contribution in [0.1, 0.15) is 22.6 Å². The Kier molecular flexibility index (Phi) is 4.06. The molecule has 0 saturated heterocycles. The maximum Gasteiger partial charge on any atom is 0.132 e. The molecule has 27 heavy (non-hydrogen) atoms. The highest BCUT2D eigenvalue weighted by atomic mass is 79.9. The predicted octanol–water partition coefficient (Wildman–Crippen LogP) is 7.17. The van der Waals surface area contributed by atoms with Crippen LogP contribution < -0.4 is 4.74 Å². The molecule has 1 nitrogen and oxygen atoms in total. The molecule has 1 unspecified atom stereocenters. The van der Waals surface area contributed by atoms with Gasteiger partial charge in [0.1, 0.15) is 11.5 Å². The number of halogens is 1. The molecule has 1 aliphatic heterocycles. The number of hydrogen-bond acceptors (Lipinski definition) is 1. The number of allylic oxidation sites excluding steroid dienone is 1. The second-order valence-corrected chi connectivity index (χ2v) is 7.55. The quantitative estimate of drug-likeness (QED) is 0.339. The maximum atomic E-state index is 6.36. The van der Waals surface area contributed by atoms with Gasteiger partial charge in [-0.25, -0.2) is 0 Å². The van der Waals surface area contributed by atoms with Crippen molar-refractivity contribution >= 4 is 32.5 Å². The van der Waals surface area contributed by atoms with Crippen molar-refractivity contribution in [2.75, 3.05) is 0 Å². The molecule has 1 aliphatic rings. The van der Waals surface area contributed by atoms with E-state index in [1.165, 1.54) is 21.9 Å². The third-order valence-corrected chi connectivity index (χ3v) is 5.80. The molecule has 0 bridgehead atoms. The molecule has 4 aromatic rings. The second kappa shape index (κ2) is 6.71. The summed E-state index contributed by atoms with van der Waals surface area (Å²) in [6.45, 7) is 0. The Hall–Kier alpha value is -2.84. The van der Waals surface area contributed by atoms with Crippen LogP contribution in [0.4, 0.5) is 0 Å². The predicted molar refractivity (Wildman–Crippen MR) is 115 cm³/mol. The molecule has 0 N–H and O–H groups in total. The minimum Gasteiger partial charge on any atom is -0.457 e. The lowest BCUT2D eigenvalue weighted by Crippen LogP contribution is -2.11. The summed E-state index contributed by atoms with van der Waals surface area (Å²) in [5, 5.41) is 2.47. The van der Waals surface area contributed by atoms with Crippen molar-refractivity contribution in [1.82, 2.24) is 0 Å². The first-order valence-electron chi connectivity index (χ1n) is 9.02. The van der Waals surface area contributed by atoms with E-state index in [1.54, 1.807) is 0 Å². The fourth-order valence-corrected chi connectivity index (χ4v) is 4.33. The molecular weight excluding hydrogens is 396 g/mol. The molecule has 0 spiro atoms. The normalized spacial score (nSPS) is 15.7. The zero-order valence-electron chi connectivity index (χ0n) is 14.6. The largest absolute Gasteiger partial charge is 0.457 e. The van der Waals surface area contributed by atoms with Crippen LogP contribution in [-0.4, -0.2) is 0 Å². The maximum absolute atomic E-state index is 6.36. The smallest absolute Gasteiger partial charge is 0.132 e. The van der Waals surface area contributed by atoms with Gasteiger partial charge in [-0.1, -0.05) is 94.8 Å². The van der Waals surface area contributed by atoms with Crippen molar-refractivity contribution in [2.45, 2.75) is 5.92 Å². The molecule has 0 aromatic heterocycles. The van der Waals surface area contributed by atoms with Crippen molar-refractivity contribution in [3.63, 3.8) is 0 Å². The Balaban J connectivity index is 1.78. The van der Waals surface area contributed by atoms with Crippen LogP contribution in [0.15, 0.2) is 102 Å². The topological polar surface area (TPSA) is 9.23 Å². The van der Waals surface area contributed by atoms with Gasteiger partial charge in [-0.3, -0.25) is 0 Å². The van der Waals surface area contributed by atoms with Gasteiger partial charge in [0.15, 0.2) is 0 Å². The van der Waals surface area contributed by atoms with Gasteiger partial charge in [0, 0.05) is 21.5 Å². The number of ether oxygens (including phenoxy) is 1. The van der Waals surface area contributed by atoms with Gasteiger partial charge in [0.2, 0.25) is 0 Å². The molecule has 0 aliphatic carbocycles. The Morgan fingerprint density at radius 3 is 2.30 bits per heavy atom. The Morgan fingerprint density at radius 1 is 0.704 bits per heavy atom. The van der Waals surface area contributed by atoms with Crippen LogP contribution in [0.5, 0.6) is 5.75 Å². The van der Waals surface area contributed by atoms with Gasteiger partial charge in [0.25, 0.3) is 0 Å². The van der Waals surface area contributed by atoms with Gasteiger partial charge in [-0.2, -0.15) is 0 Å². The Morgan fingerprint density at radius 2 is 1.44 bits per heavy atom. The third kappa shape index (κ3) is 2.87. The van der Waals surface area contributed by atoms with E-state index in [-0.39, 0.29) is 5.92 Å². The van der Waals surface area contributed by atoms with E-state index in [9.17, 15) is 0 Å². The van der Waals surface area contributed by atoms with Gasteiger partial charge in [0.05, 0.1) is 0 Å². The van der Waals surface area contributed by atoms with E-state index in [2.05, 4.69) is 94.8 Å². The summed E-state index contributed by atoms with van der Waals surface area (Å²) in [4.78, 5) is 0. The number of rotatable bonds is 2. The number of fused-ring (bicyclic) bond motifs is 3. The minimum atomic E-state index is 0.116. The monoisotopic (exact) mass is 412 g/mol. The standard InChI is InChI=1S/C25H17BrO/c26-22-13-7-6-12-20(22)21-16-24(18-9-2-1-3-10-18)27-23-15-14-17-8-4-5-11-19(17)25(21)23/h1-16,21H. The van der Waals surface area contributed by atoms with E-state index in [1.807, 2.05) is 18.2 Å². The number of benzene rings is 4. The summed E-state index contributed by atoms with van der Waals surface area (Å²) in [5.74, 6) is 1.94. The molecule has 1 heterocycles. The van der Waals surface area contributed by atoms with E-state index in [0.717, 1.165) is 21.5 Å².